The molecule has 1 fully saturated rings. The van der Waals surface area contributed by atoms with Crippen LogP contribution in [0.3, 0.4) is 0 Å². The predicted octanol–water partition coefficient (Wildman–Crippen LogP) is 3.66. The van der Waals surface area contributed by atoms with E-state index in [9.17, 15) is 9.59 Å². The maximum absolute atomic E-state index is 12.8. The van der Waals surface area contributed by atoms with E-state index in [4.69, 9.17) is 5.11 Å². The molecule has 2 N–H and O–H groups in total. The first-order valence-electron chi connectivity index (χ1n) is 10.2. The molecule has 29 heavy (non-hydrogen) atoms. The Hall–Kier alpha value is -2.86. The van der Waals surface area contributed by atoms with Gasteiger partial charge in [-0.15, -0.1) is 0 Å². The molecular weight excluding hydrogens is 366 g/mol. The largest absolute Gasteiger partial charge is 0.480 e. The molecule has 1 aliphatic heterocycles. The molecule has 0 saturated carbocycles. The maximum atomic E-state index is 12.8. The number of likely N-dealkylation sites (N-methyl/N-ethyl adjacent to an activating group) is 1. The van der Waals surface area contributed by atoms with Crippen molar-refractivity contribution in [2.45, 2.75) is 31.7 Å². The van der Waals surface area contributed by atoms with Crippen LogP contribution < -0.4 is 5.32 Å². The lowest BCUT2D eigenvalue weighted by atomic mass is 10.1. The van der Waals surface area contributed by atoms with Crippen LogP contribution in [0.25, 0.3) is 11.1 Å². The molecule has 2 aromatic rings. The number of nitrogens with one attached hydrogen (secondary N) is 1. The van der Waals surface area contributed by atoms with Gasteiger partial charge in [0, 0.05) is 24.8 Å². The van der Waals surface area contributed by atoms with Crippen LogP contribution in [0.5, 0.6) is 0 Å². The summed E-state index contributed by atoms with van der Waals surface area (Å²) in [6.45, 7) is 1.37. The Kier molecular flexibility index (Phi) is 5.53. The summed E-state index contributed by atoms with van der Waals surface area (Å²) in [7, 11) is 1.84. The highest BCUT2D eigenvalue weighted by atomic mass is 16.4. The third kappa shape index (κ3) is 4.27. The van der Waals surface area contributed by atoms with E-state index in [2.05, 4.69) is 41.7 Å². The van der Waals surface area contributed by atoms with Crippen LogP contribution in [-0.4, -0.2) is 59.6 Å². The Labute approximate surface area is 171 Å². The zero-order valence-corrected chi connectivity index (χ0v) is 16.7. The predicted molar refractivity (Wildman–Crippen MR) is 113 cm³/mol. The molecule has 0 bridgehead atoms. The molecule has 6 nitrogen and oxygen atoms in total. The second kappa shape index (κ2) is 8.25. The quantitative estimate of drug-likeness (QED) is 0.710. The zero-order chi connectivity index (χ0) is 20.4. The van der Waals surface area contributed by atoms with Gasteiger partial charge in [0.2, 0.25) is 0 Å². The highest BCUT2D eigenvalue weighted by molar-refractivity contribution is 5.90. The average Bonchev–Trinajstić information content (AvgIpc) is 2.87. The number of hydrogen-bond acceptors (Lipinski definition) is 3. The van der Waals surface area contributed by atoms with E-state index in [0.717, 1.165) is 31.4 Å². The molecule has 1 aliphatic carbocycles. The molecule has 4 rings (SSSR count). The number of anilines is 1. The topological polar surface area (TPSA) is 72.9 Å². The summed E-state index contributed by atoms with van der Waals surface area (Å²) >= 11 is 0. The Balaban J connectivity index is 1.38. The van der Waals surface area contributed by atoms with Gasteiger partial charge < -0.3 is 15.3 Å². The number of hydrogen-bond donors (Lipinski definition) is 2. The zero-order valence-electron chi connectivity index (χ0n) is 16.7. The van der Waals surface area contributed by atoms with Gasteiger partial charge in [0.05, 0.1) is 6.54 Å². The lowest BCUT2D eigenvalue weighted by molar-refractivity contribution is -0.138. The van der Waals surface area contributed by atoms with E-state index in [-0.39, 0.29) is 18.6 Å². The molecule has 1 atom stereocenters. The van der Waals surface area contributed by atoms with Gasteiger partial charge in [-0.1, -0.05) is 30.3 Å². The summed E-state index contributed by atoms with van der Waals surface area (Å²) in [4.78, 5) is 27.5. The number of carboxylic acid groups (broad SMARTS) is 1. The van der Waals surface area contributed by atoms with Crippen LogP contribution >= 0.6 is 0 Å². The Morgan fingerprint density at radius 3 is 2.72 bits per heavy atom. The fourth-order valence-corrected chi connectivity index (χ4v) is 4.49. The summed E-state index contributed by atoms with van der Waals surface area (Å²) in [5, 5.41) is 12.0. The molecule has 1 unspecified atom stereocenters. The van der Waals surface area contributed by atoms with Gasteiger partial charge in [-0.05, 0) is 67.1 Å². The van der Waals surface area contributed by atoms with E-state index in [0.29, 0.717) is 13.1 Å². The van der Waals surface area contributed by atoms with Crippen molar-refractivity contribution in [3.05, 3.63) is 53.6 Å². The second-order valence-corrected chi connectivity index (χ2v) is 8.02. The molecule has 1 saturated heterocycles. The van der Waals surface area contributed by atoms with Crippen molar-refractivity contribution in [1.29, 1.82) is 0 Å². The third-order valence-corrected chi connectivity index (χ3v) is 6.04. The first-order valence-corrected chi connectivity index (χ1v) is 10.2. The monoisotopic (exact) mass is 393 g/mol. The Morgan fingerprint density at radius 1 is 1.10 bits per heavy atom. The Morgan fingerprint density at radius 2 is 1.90 bits per heavy atom. The average molecular weight is 393 g/mol. The molecule has 6 heteroatoms. The van der Waals surface area contributed by atoms with E-state index < -0.39 is 5.97 Å². The van der Waals surface area contributed by atoms with Crippen LogP contribution in [0.1, 0.15) is 30.4 Å². The van der Waals surface area contributed by atoms with Crippen molar-refractivity contribution in [1.82, 2.24) is 9.80 Å². The summed E-state index contributed by atoms with van der Waals surface area (Å²) in [6, 6.07) is 14.7. The van der Waals surface area contributed by atoms with Crippen LogP contribution in [-0.2, 0) is 11.2 Å². The lowest BCUT2D eigenvalue weighted by Gasteiger charge is -2.25. The second-order valence-electron chi connectivity index (χ2n) is 8.02. The lowest BCUT2D eigenvalue weighted by Crippen LogP contribution is -2.38. The minimum Gasteiger partial charge on any atom is -0.480 e. The van der Waals surface area contributed by atoms with Crippen molar-refractivity contribution in [3.8, 4) is 11.1 Å². The van der Waals surface area contributed by atoms with E-state index >= 15 is 0 Å². The smallest absolute Gasteiger partial charge is 0.321 e. The highest BCUT2D eigenvalue weighted by Crippen LogP contribution is 2.37. The summed E-state index contributed by atoms with van der Waals surface area (Å²) in [5.74, 6) is -0.815. The summed E-state index contributed by atoms with van der Waals surface area (Å²) < 4.78 is 0. The van der Waals surface area contributed by atoms with E-state index in [1.807, 2.05) is 22.9 Å². The molecular formula is C23H27N3O3. The SMILES string of the molecule is CN(CC(=O)O)C1CCCN(C(=O)Nc2ccc3c(c2)Cc2ccccc2-3)CC1. The number of benzene rings is 2. The molecule has 2 aromatic carbocycles. The minimum absolute atomic E-state index is 0.0361. The van der Waals surface area contributed by atoms with Gasteiger partial charge in [-0.25, -0.2) is 4.79 Å². The number of likely N-dealkylation sites (tertiary alicyclic amines) is 1. The van der Waals surface area contributed by atoms with Crippen molar-refractivity contribution >= 4 is 17.7 Å². The van der Waals surface area contributed by atoms with Crippen LogP contribution in [0.4, 0.5) is 10.5 Å². The first-order chi connectivity index (χ1) is 14.0. The molecule has 2 amide bonds. The molecule has 0 spiro atoms. The number of carbonyl (C=O) groups excluding carboxylic acids is 1. The number of fused-ring (bicyclic) bond motifs is 3. The number of amides is 2. The third-order valence-electron chi connectivity index (χ3n) is 6.04. The van der Waals surface area contributed by atoms with Gasteiger partial charge in [-0.2, -0.15) is 0 Å². The standard InChI is InChI=1S/C23H27N3O3/c1-25(15-22(27)28)19-6-4-11-26(12-10-19)23(29)24-18-8-9-21-17(14-18)13-16-5-2-3-7-20(16)21/h2-3,5,7-9,14,19H,4,6,10-13,15H2,1H3,(H,24,29)(H,27,28). The number of urea groups is 1. The molecule has 1 heterocycles. The van der Waals surface area contributed by atoms with E-state index in [1.165, 1.54) is 22.3 Å². The number of aliphatic carboxylic acids is 1. The minimum atomic E-state index is -0.815. The van der Waals surface area contributed by atoms with Crippen molar-refractivity contribution < 1.29 is 14.7 Å². The molecule has 2 aliphatic rings. The van der Waals surface area contributed by atoms with Crippen LogP contribution in [0.2, 0.25) is 0 Å². The fourth-order valence-electron chi connectivity index (χ4n) is 4.49. The molecule has 152 valence electrons. The Bertz CT molecular complexity index is 927. The first kappa shape index (κ1) is 19.5. The highest BCUT2D eigenvalue weighted by Gasteiger charge is 2.24. The molecule has 0 radical (unpaired) electrons. The number of carbonyl (C=O) groups is 2. The van der Waals surface area contributed by atoms with Crippen molar-refractivity contribution in [2.24, 2.45) is 0 Å². The van der Waals surface area contributed by atoms with Gasteiger partial charge >= 0.3 is 12.0 Å². The number of nitrogens with zero attached hydrogens (tertiary/aromatic N) is 2. The summed E-state index contributed by atoms with van der Waals surface area (Å²) in [6.07, 6.45) is 3.47. The summed E-state index contributed by atoms with van der Waals surface area (Å²) in [5.41, 5.74) is 5.93. The number of carboxylic acids is 1. The molecule has 0 aromatic heterocycles. The van der Waals surface area contributed by atoms with Gasteiger partial charge in [0.15, 0.2) is 0 Å². The van der Waals surface area contributed by atoms with Gasteiger partial charge in [0.1, 0.15) is 0 Å². The van der Waals surface area contributed by atoms with E-state index in [1.54, 1.807) is 0 Å². The normalized spacial score (nSPS) is 18.1. The van der Waals surface area contributed by atoms with Crippen LogP contribution in [0, 0.1) is 0 Å². The fraction of sp³-hybridized carbons (Fsp3) is 0.391. The van der Waals surface area contributed by atoms with Crippen molar-refractivity contribution in [2.75, 3.05) is 32.0 Å². The van der Waals surface area contributed by atoms with Crippen LogP contribution in [0.15, 0.2) is 42.5 Å². The number of rotatable bonds is 4. The van der Waals surface area contributed by atoms with Gasteiger partial charge in [0.25, 0.3) is 0 Å². The maximum Gasteiger partial charge on any atom is 0.321 e. The van der Waals surface area contributed by atoms with Gasteiger partial charge in [-0.3, -0.25) is 9.69 Å². The van der Waals surface area contributed by atoms with Crippen molar-refractivity contribution in [3.63, 3.8) is 0 Å².